The van der Waals surface area contributed by atoms with Gasteiger partial charge < -0.3 is 14.5 Å². The molecular formula is C18H21NO4. The van der Waals surface area contributed by atoms with Crippen molar-refractivity contribution in [1.82, 2.24) is 5.32 Å². The average Bonchev–Trinajstić information content (AvgIpc) is 3.11. The largest absolute Gasteiger partial charge is 0.465 e. The molecule has 0 fully saturated rings. The van der Waals surface area contributed by atoms with E-state index >= 15 is 0 Å². The molecule has 1 aromatic heterocycles. The van der Waals surface area contributed by atoms with Crippen LogP contribution < -0.4 is 5.32 Å². The van der Waals surface area contributed by atoms with E-state index in [-0.39, 0.29) is 5.91 Å². The molecule has 5 nitrogen and oxygen atoms in total. The molecule has 122 valence electrons. The first-order valence-corrected chi connectivity index (χ1v) is 7.79. The van der Waals surface area contributed by atoms with Gasteiger partial charge in [0.15, 0.2) is 5.76 Å². The SMILES string of the molecule is CCCCCNC(=O)C(OC(=O)c1ccccc1)c1ccco1. The summed E-state index contributed by atoms with van der Waals surface area (Å²) in [6.07, 6.45) is 3.36. The standard InChI is InChI=1S/C18H21NO4/c1-2-3-7-12-19-17(20)16(15-11-8-13-22-15)23-18(21)14-9-5-4-6-10-14/h4-6,8-11,13,16H,2-3,7,12H2,1H3,(H,19,20). The Kier molecular flexibility index (Phi) is 6.41. The summed E-state index contributed by atoms with van der Waals surface area (Å²) in [6, 6.07) is 11.8. The minimum Gasteiger partial charge on any atom is -0.465 e. The van der Waals surface area contributed by atoms with Crippen molar-refractivity contribution in [2.75, 3.05) is 6.54 Å². The highest BCUT2D eigenvalue weighted by atomic mass is 16.6. The Morgan fingerprint density at radius 1 is 1.13 bits per heavy atom. The number of ether oxygens (including phenoxy) is 1. The van der Waals surface area contributed by atoms with Crippen molar-refractivity contribution in [1.29, 1.82) is 0 Å². The molecule has 23 heavy (non-hydrogen) atoms. The highest BCUT2D eigenvalue weighted by Gasteiger charge is 2.27. The summed E-state index contributed by atoms with van der Waals surface area (Å²) in [7, 11) is 0. The highest BCUT2D eigenvalue weighted by molar-refractivity contribution is 5.92. The van der Waals surface area contributed by atoms with Crippen LogP contribution in [0.3, 0.4) is 0 Å². The topological polar surface area (TPSA) is 68.5 Å². The van der Waals surface area contributed by atoms with E-state index in [2.05, 4.69) is 12.2 Å². The predicted molar refractivity (Wildman–Crippen MR) is 85.8 cm³/mol. The van der Waals surface area contributed by atoms with Crippen LogP contribution in [-0.2, 0) is 9.53 Å². The first kappa shape index (κ1) is 16.8. The van der Waals surface area contributed by atoms with Gasteiger partial charge in [0.1, 0.15) is 0 Å². The Bertz CT molecular complexity index is 607. The van der Waals surface area contributed by atoms with Gasteiger partial charge >= 0.3 is 5.97 Å². The zero-order chi connectivity index (χ0) is 16.5. The van der Waals surface area contributed by atoms with Crippen molar-refractivity contribution in [3.63, 3.8) is 0 Å². The summed E-state index contributed by atoms with van der Waals surface area (Å²) in [4.78, 5) is 24.5. The fourth-order valence-corrected chi connectivity index (χ4v) is 2.11. The van der Waals surface area contributed by atoms with Gasteiger partial charge in [-0.25, -0.2) is 4.79 Å². The third kappa shape index (κ3) is 4.98. The fourth-order valence-electron chi connectivity index (χ4n) is 2.11. The number of nitrogens with one attached hydrogen (secondary N) is 1. The highest BCUT2D eigenvalue weighted by Crippen LogP contribution is 2.20. The summed E-state index contributed by atoms with van der Waals surface area (Å²) in [5.41, 5.74) is 0.392. The number of rotatable bonds is 8. The molecule has 2 aromatic rings. The van der Waals surface area contributed by atoms with Gasteiger partial charge in [0.05, 0.1) is 11.8 Å². The number of carbonyl (C=O) groups excluding carboxylic acids is 2. The zero-order valence-corrected chi connectivity index (χ0v) is 13.2. The third-order valence-corrected chi connectivity index (χ3v) is 3.35. The van der Waals surface area contributed by atoms with Gasteiger partial charge in [-0.3, -0.25) is 4.79 Å². The van der Waals surface area contributed by atoms with Crippen LogP contribution in [0.1, 0.15) is 48.4 Å². The summed E-state index contributed by atoms with van der Waals surface area (Å²) < 4.78 is 10.6. The maximum absolute atomic E-state index is 12.3. The van der Waals surface area contributed by atoms with Crippen LogP contribution in [-0.4, -0.2) is 18.4 Å². The summed E-state index contributed by atoms with van der Waals surface area (Å²) >= 11 is 0. The van der Waals surface area contributed by atoms with Crippen LogP contribution in [0.5, 0.6) is 0 Å². The second kappa shape index (κ2) is 8.78. The smallest absolute Gasteiger partial charge is 0.339 e. The number of carbonyl (C=O) groups is 2. The molecule has 5 heteroatoms. The van der Waals surface area contributed by atoms with E-state index in [0.29, 0.717) is 17.9 Å². The molecule has 0 saturated carbocycles. The first-order chi connectivity index (χ1) is 11.2. The van der Waals surface area contributed by atoms with Crippen LogP contribution in [0.2, 0.25) is 0 Å². The number of furan rings is 1. The van der Waals surface area contributed by atoms with Gasteiger partial charge in [0.2, 0.25) is 6.10 Å². The normalized spacial score (nSPS) is 11.7. The lowest BCUT2D eigenvalue weighted by molar-refractivity contribution is -0.131. The monoisotopic (exact) mass is 315 g/mol. The second-order valence-electron chi connectivity index (χ2n) is 5.16. The molecule has 1 atom stereocenters. The van der Waals surface area contributed by atoms with E-state index in [1.807, 2.05) is 0 Å². The van der Waals surface area contributed by atoms with E-state index in [1.54, 1.807) is 42.5 Å². The summed E-state index contributed by atoms with van der Waals surface area (Å²) in [6.45, 7) is 2.64. The number of hydrogen-bond acceptors (Lipinski definition) is 4. The molecule has 1 unspecified atom stereocenters. The average molecular weight is 315 g/mol. The Labute approximate surface area is 135 Å². The molecule has 0 aliphatic rings. The first-order valence-electron chi connectivity index (χ1n) is 7.79. The number of hydrogen-bond donors (Lipinski definition) is 1. The van der Waals surface area contributed by atoms with E-state index in [0.717, 1.165) is 19.3 Å². The van der Waals surface area contributed by atoms with E-state index in [4.69, 9.17) is 9.15 Å². The Morgan fingerprint density at radius 2 is 1.91 bits per heavy atom. The molecule has 1 aromatic carbocycles. The molecule has 1 heterocycles. The van der Waals surface area contributed by atoms with Gasteiger partial charge in [-0.15, -0.1) is 0 Å². The van der Waals surface area contributed by atoms with Crippen molar-refractivity contribution in [3.8, 4) is 0 Å². The lowest BCUT2D eigenvalue weighted by Gasteiger charge is -2.15. The van der Waals surface area contributed by atoms with Crippen LogP contribution >= 0.6 is 0 Å². The lowest BCUT2D eigenvalue weighted by Crippen LogP contribution is -2.32. The molecule has 1 amide bonds. The van der Waals surface area contributed by atoms with Gasteiger partial charge in [0, 0.05) is 6.54 Å². The van der Waals surface area contributed by atoms with Gasteiger partial charge in [0.25, 0.3) is 5.91 Å². The van der Waals surface area contributed by atoms with Crippen molar-refractivity contribution in [2.24, 2.45) is 0 Å². The fraction of sp³-hybridized carbons (Fsp3) is 0.333. The van der Waals surface area contributed by atoms with Crippen molar-refractivity contribution >= 4 is 11.9 Å². The van der Waals surface area contributed by atoms with Gasteiger partial charge in [-0.1, -0.05) is 38.0 Å². The van der Waals surface area contributed by atoms with Crippen molar-refractivity contribution in [2.45, 2.75) is 32.3 Å². The molecular weight excluding hydrogens is 294 g/mol. The van der Waals surface area contributed by atoms with Crippen LogP contribution in [0, 0.1) is 0 Å². The Balaban J connectivity index is 2.03. The Morgan fingerprint density at radius 3 is 2.57 bits per heavy atom. The Hall–Kier alpha value is -2.56. The zero-order valence-electron chi connectivity index (χ0n) is 13.2. The van der Waals surface area contributed by atoms with E-state index in [9.17, 15) is 9.59 Å². The predicted octanol–water partition coefficient (Wildman–Crippen LogP) is 3.48. The molecule has 0 aliphatic heterocycles. The van der Waals surface area contributed by atoms with E-state index < -0.39 is 12.1 Å². The molecule has 0 bridgehead atoms. The van der Waals surface area contributed by atoms with Crippen LogP contribution in [0.15, 0.2) is 53.1 Å². The third-order valence-electron chi connectivity index (χ3n) is 3.35. The number of benzene rings is 1. The van der Waals surface area contributed by atoms with Gasteiger partial charge in [-0.2, -0.15) is 0 Å². The minimum atomic E-state index is -1.08. The summed E-state index contributed by atoms with van der Waals surface area (Å²) in [5, 5.41) is 2.79. The van der Waals surface area contributed by atoms with Crippen molar-refractivity contribution in [3.05, 3.63) is 60.1 Å². The molecule has 2 rings (SSSR count). The van der Waals surface area contributed by atoms with E-state index in [1.165, 1.54) is 6.26 Å². The number of unbranched alkanes of at least 4 members (excludes halogenated alkanes) is 2. The molecule has 0 spiro atoms. The quantitative estimate of drug-likeness (QED) is 0.598. The molecule has 0 radical (unpaired) electrons. The summed E-state index contributed by atoms with van der Waals surface area (Å²) in [5.74, 6) is -0.627. The minimum absolute atomic E-state index is 0.308. The van der Waals surface area contributed by atoms with Crippen LogP contribution in [0.25, 0.3) is 0 Å². The maximum Gasteiger partial charge on any atom is 0.339 e. The molecule has 1 N–H and O–H groups in total. The maximum atomic E-state index is 12.3. The van der Waals surface area contributed by atoms with Crippen LogP contribution in [0.4, 0.5) is 0 Å². The van der Waals surface area contributed by atoms with Crippen molar-refractivity contribution < 1.29 is 18.7 Å². The molecule has 0 saturated heterocycles. The number of esters is 1. The second-order valence-corrected chi connectivity index (χ2v) is 5.16. The number of amides is 1. The molecule has 0 aliphatic carbocycles. The lowest BCUT2D eigenvalue weighted by atomic mass is 10.2. The van der Waals surface area contributed by atoms with Gasteiger partial charge in [-0.05, 0) is 30.7 Å².